The first-order valence-electron chi connectivity index (χ1n) is 1.10. The van der Waals surface area contributed by atoms with Crippen LogP contribution in [0.5, 0.6) is 0 Å². The van der Waals surface area contributed by atoms with E-state index in [0.29, 0.717) is 0 Å². The molecule has 10 heteroatoms. The fourth-order valence-corrected chi connectivity index (χ4v) is 0. The van der Waals surface area contributed by atoms with Crippen LogP contribution in [0.2, 0.25) is 0 Å². The van der Waals surface area contributed by atoms with E-state index in [-0.39, 0.29) is 39.5 Å². The first-order chi connectivity index (χ1) is 3.46. The summed E-state index contributed by atoms with van der Waals surface area (Å²) in [7, 11) is 0. The maximum Gasteiger partial charge on any atom is 2.00 e. The Morgan fingerprint density at radius 2 is 0.800 bits per heavy atom. The van der Waals surface area contributed by atoms with Gasteiger partial charge in [-0.05, 0) is 0 Å². The molecule has 0 bridgehead atoms. The fourth-order valence-electron chi connectivity index (χ4n) is 0. The van der Waals surface area contributed by atoms with E-state index in [9.17, 15) is 0 Å². The SMILES string of the molecule is O=[N+]([O-])[O-].O=[N+]([O-])[O-].[MgH2].[Ni+2]. The van der Waals surface area contributed by atoms with Gasteiger partial charge in [0.05, 0.1) is 10.2 Å². The summed E-state index contributed by atoms with van der Waals surface area (Å²) in [6.45, 7) is 0. The van der Waals surface area contributed by atoms with E-state index in [1.54, 1.807) is 0 Å². The van der Waals surface area contributed by atoms with Crippen LogP contribution >= 0.6 is 0 Å². The van der Waals surface area contributed by atoms with Gasteiger partial charge in [0.2, 0.25) is 0 Å². The third-order valence-electron chi connectivity index (χ3n) is 0. The summed E-state index contributed by atoms with van der Waals surface area (Å²) in [6, 6.07) is 0. The molecule has 0 amide bonds. The topological polar surface area (TPSA) is 132 Å². The van der Waals surface area contributed by atoms with E-state index in [4.69, 9.17) is 30.6 Å². The van der Waals surface area contributed by atoms with Crippen molar-refractivity contribution in [1.29, 1.82) is 0 Å². The fraction of sp³-hybridized carbons (Fsp3) is 0. The van der Waals surface area contributed by atoms with Gasteiger partial charge in [-0.3, -0.25) is 0 Å². The summed E-state index contributed by atoms with van der Waals surface area (Å²) < 4.78 is 0. The minimum atomic E-state index is -1.75. The van der Waals surface area contributed by atoms with Crippen LogP contribution in [-0.2, 0) is 16.5 Å². The van der Waals surface area contributed by atoms with E-state index < -0.39 is 10.2 Å². The van der Waals surface area contributed by atoms with E-state index in [1.165, 1.54) is 0 Å². The molecule has 0 aliphatic heterocycles. The van der Waals surface area contributed by atoms with Gasteiger partial charge in [-0.15, -0.1) is 0 Å². The Labute approximate surface area is 80.5 Å². The van der Waals surface area contributed by atoms with Crippen molar-refractivity contribution in [2.24, 2.45) is 0 Å². The Bertz CT molecular complexity index is 73.7. The molecule has 0 saturated carbocycles. The average Bonchev–Trinajstić information content (AvgIpc) is 1.25. The van der Waals surface area contributed by atoms with Gasteiger partial charge in [0.25, 0.3) is 0 Å². The quantitative estimate of drug-likeness (QED) is 0.273. The van der Waals surface area contributed by atoms with Crippen molar-refractivity contribution >= 4 is 23.1 Å². The van der Waals surface area contributed by atoms with E-state index >= 15 is 0 Å². The van der Waals surface area contributed by atoms with Gasteiger partial charge in [-0.2, -0.15) is 0 Å². The molecule has 0 aromatic rings. The van der Waals surface area contributed by atoms with E-state index in [0.717, 1.165) is 0 Å². The Hall–Kier alpha value is -0.340. The van der Waals surface area contributed by atoms with Crippen LogP contribution in [-0.4, -0.2) is 33.2 Å². The summed E-state index contributed by atoms with van der Waals surface area (Å²) in [5, 5.41) is 29.5. The molecule has 10 heavy (non-hydrogen) atoms. The van der Waals surface area contributed by atoms with Gasteiger partial charge in [0.1, 0.15) is 0 Å². The Morgan fingerprint density at radius 1 is 0.800 bits per heavy atom. The number of nitrogens with zero attached hydrogens (tertiary/aromatic N) is 2. The zero-order chi connectivity index (χ0) is 7.15. The predicted molar refractivity (Wildman–Crippen MR) is 29.3 cm³/mol. The molecule has 0 rings (SSSR count). The molecule has 0 unspecified atom stereocenters. The van der Waals surface area contributed by atoms with Crippen LogP contribution < -0.4 is 0 Å². The second kappa shape index (κ2) is 15.9. The van der Waals surface area contributed by atoms with Crippen molar-refractivity contribution < 1.29 is 26.7 Å². The van der Waals surface area contributed by atoms with Crippen molar-refractivity contribution in [2.75, 3.05) is 0 Å². The Kier molecular flexibility index (Phi) is 35.9. The van der Waals surface area contributed by atoms with Gasteiger partial charge in [0, 0.05) is 0 Å². The molecule has 0 aromatic heterocycles. The third-order valence-corrected chi connectivity index (χ3v) is 0. The van der Waals surface area contributed by atoms with Crippen LogP contribution in [0.15, 0.2) is 0 Å². The molecular weight excluding hydrogens is 207 g/mol. The van der Waals surface area contributed by atoms with E-state index in [2.05, 4.69) is 0 Å². The van der Waals surface area contributed by atoms with Crippen LogP contribution in [0.1, 0.15) is 0 Å². The normalized spacial score (nSPS) is 4.80. The summed E-state index contributed by atoms with van der Waals surface area (Å²) in [5.74, 6) is 0. The van der Waals surface area contributed by atoms with Crippen LogP contribution in [0.4, 0.5) is 0 Å². The smallest absolute Gasteiger partial charge is 0.356 e. The molecule has 0 spiro atoms. The summed E-state index contributed by atoms with van der Waals surface area (Å²) in [4.78, 5) is 16.5. The third kappa shape index (κ3) is 2930. The zero-order valence-electron chi connectivity index (χ0n) is 3.66. The van der Waals surface area contributed by atoms with Crippen molar-refractivity contribution in [1.82, 2.24) is 0 Å². The molecule has 0 radical (unpaired) electrons. The van der Waals surface area contributed by atoms with Gasteiger partial charge in [0.15, 0.2) is 0 Å². The molecule has 8 nitrogen and oxygen atoms in total. The van der Waals surface area contributed by atoms with Crippen LogP contribution in [0.3, 0.4) is 0 Å². The van der Waals surface area contributed by atoms with Gasteiger partial charge >= 0.3 is 39.5 Å². The van der Waals surface area contributed by atoms with Crippen molar-refractivity contribution in [3.05, 3.63) is 30.6 Å². The van der Waals surface area contributed by atoms with Crippen LogP contribution in [0, 0.1) is 30.6 Å². The first-order valence-corrected chi connectivity index (χ1v) is 1.10. The van der Waals surface area contributed by atoms with Gasteiger partial charge in [-0.1, -0.05) is 0 Å². The number of rotatable bonds is 0. The second-order valence-corrected chi connectivity index (χ2v) is 0.447. The molecule has 0 saturated heterocycles. The van der Waals surface area contributed by atoms with Crippen molar-refractivity contribution in [3.8, 4) is 0 Å². The molecule has 0 fully saturated rings. The maximum atomic E-state index is 8.25. The number of hydrogen-bond donors (Lipinski definition) is 0. The van der Waals surface area contributed by atoms with E-state index in [1.807, 2.05) is 0 Å². The van der Waals surface area contributed by atoms with Crippen molar-refractivity contribution in [2.45, 2.75) is 0 Å². The molecule has 0 heterocycles. The first kappa shape index (κ1) is 22.6. The van der Waals surface area contributed by atoms with Gasteiger partial charge < -0.3 is 30.6 Å². The molecule has 0 atom stereocenters. The standard InChI is InChI=1S/Mg.2NO3.Ni.2H/c;2*2-1(3)4;;;/q;2*-1;+2;;. The largest absolute Gasteiger partial charge is 2.00 e. The summed E-state index contributed by atoms with van der Waals surface area (Å²) in [5.41, 5.74) is 0. The zero-order valence-corrected chi connectivity index (χ0v) is 4.65. The molecule has 0 aliphatic rings. The van der Waals surface area contributed by atoms with Crippen LogP contribution in [0.25, 0.3) is 0 Å². The molecule has 0 N–H and O–H groups in total. The molecule has 0 aromatic carbocycles. The monoisotopic (exact) mass is 208 g/mol. The predicted octanol–water partition coefficient (Wildman–Crippen LogP) is -1.40. The minimum Gasteiger partial charge on any atom is -0.356 e. The minimum absolute atomic E-state index is 0. The molecular formula is H2MgN2NiO6. The van der Waals surface area contributed by atoms with Crippen molar-refractivity contribution in [3.63, 3.8) is 0 Å². The Morgan fingerprint density at radius 3 is 0.800 bits per heavy atom. The molecule has 60 valence electrons. The molecule has 0 aliphatic carbocycles. The second-order valence-electron chi connectivity index (χ2n) is 0.447. The maximum absolute atomic E-state index is 8.25. The average molecular weight is 209 g/mol. The summed E-state index contributed by atoms with van der Waals surface area (Å²) >= 11 is 0. The van der Waals surface area contributed by atoms with Gasteiger partial charge in [-0.25, -0.2) is 0 Å². The number of hydrogen-bond acceptors (Lipinski definition) is 6. The summed E-state index contributed by atoms with van der Waals surface area (Å²) in [6.07, 6.45) is 0. The Balaban J connectivity index is -0.0000000300.